The molecule has 5 aromatic rings. The highest BCUT2D eigenvalue weighted by Gasteiger charge is 2.20. The Bertz CT molecular complexity index is 1650. The van der Waals surface area contributed by atoms with Crippen LogP contribution in [-0.4, -0.2) is 36.8 Å². The van der Waals surface area contributed by atoms with E-state index in [9.17, 15) is 9.59 Å². The van der Waals surface area contributed by atoms with E-state index in [4.69, 9.17) is 15.6 Å². The lowest BCUT2D eigenvalue weighted by molar-refractivity contribution is -0.141. The zero-order valence-corrected chi connectivity index (χ0v) is 19.2. The molecule has 0 saturated heterocycles. The lowest BCUT2D eigenvalue weighted by atomic mass is 10.1. The van der Waals surface area contributed by atoms with E-state index in [0.29, 0.717) is 40.7 Å². The predicted octanol–water partition coefficient (Wildman–Crippen LogP) is 2.90. The van der Waals surface area contributed by atoms with Crippen LogP contribution in [0.2, 0.25) is 0 Å². The lowest BCUT2D eigenvalue weighted by Crippen LogP contribution is -2.31. The summed E-state index contributed by atoms with van der Waals surface area (Å²) >= 11 is 0. The van der Waals surface area contributed by atoms with Crippen molar-refractivity contribution in [3.63, 3.8) is 0 Å². The standard InChI is InChI=1S/C25H24N6O3/c1-14-15(2)28-20-12-23-21(11-19(20)27-14)29-24(25(33)31(23)34-16(3)32)18-13-30(10-6-9-26)22-8-5-4-7-17(18)22/h4-5,7-8,11-13H,6,9-10,26H2,1-3H3. The number of aromatic nitrogens is 5. The van der Waals surface area contributed by atoms with Crippen molar-refractivity contribution in [3.05, 3.63) is 64.3 Å². The Morgan fingerprint density at radius 2 is 1.71 bits per heavy atom. The molecule has 0 spiro atoms. The van der Waals surface area contributed by atoms with Crippen molar-refractivity contribution in [2.24, 2.45) is 5.73 Å². The highest BCUT2D eigenvalue weighted by atomic mass is 16.7. The van der Waals surface area contributed by atoms with E-state index < -0.39 is 11.5 Å². The quantitative estimate of drug-likeness (QED) is 0.404. The van der Waals surface area contributed by atoms with Crippen LogP contribution in [-0.2, 0) is 11.3 Å². The SMILES string of the molecule is CC(=O)On1c(=O)c(-c2cn(CCCN)c3ccccc23)nc2cc3nc(C)c(C)nc3cc21. The first kappa shape index (κ1) is 21.7. The van der Waals surface area contributed by atoms with Crippen LogP contribution in [0.25, 0.3) is 44.2 Å². The van der Waals surface area contributed by atoms with Crippen LogP contribution in [0.5, 0.6) is 0 Å². The third-order valence-electron chi connectivity index (χ3n) is 5.88. The molecule has 3 heterocycles. The third kappa shape index (κ3) is 3.60. The molecular weight excluding hydrogens is 432 g/mol. The number of benzene rings is 2. The molecule has 0 aliphatic rings. The fraction of sp³-hybridized carbons (Fsp3) is 0.240. The summed E-state index contributed by atoms with van der Waals surface area (Å²) in [6.07, 6.45) is 2.70. The molecule has 9 heteroatoms. The second-order valence-electron chi connectivity index (χ2n) is 8.26. The summed E-state index contributed by atoms with van der Waals surface area (Å²) < 4.78 is 3.07. The third-order valence-corrected chi connectivity index (χ3v) is 5.88. The van der Waals surface area contributed by atoms with Crippen LogP contribution in [0, 0.1) is 13.8 Å². The van der Waals surface area contributed by atoms with E-state index in [-0.39, 0.29) is 5.69 Å². The topological polar surface area (TPSA) is 118 Å². The zero-order valence-electron chi connectivity index (χ0n) is 19.2. The van der Waals surface area contributed by atoms with Crippen molar-refractivity contribution in [2.75, 3.05) is 6.54 Å². The zero-order chi connectivity index (χ0) is 24.0. The van der Waals surface area contributed by atoms with Gasteiger partial charge < -0.3 is 15.1 Å². The molecule has 0 amide bonds. The summed E-state index contributed by atoms with van der Waals surface area (Å²) in [6, 6.07) is 11.2. The first-order valence-electron chi connectivity index (χ1n) is 11.1. The number of fused-ring (bicyclic) bond motifs is 3. The highest BCUT2D eigenvalue weighted by molar-refractivity contribution is 5.97. The number of carbonyl (C=O) groups is 1. The number of aryl methyl sites for hydroxylation is 3. The second kappa shape index (κ2) is 8.35. The monoisotopic (exact) mass is 456 g/mol. The molecule has 172 valence electrons. The summed E-state index contributed by atoms with van der Waals surface area (Å²) in [7, 11) is 0. The second-order valence-corrected chi connectivity index (χ2v) is 8.26. The van der Waals surface area contributed by atoms with Crippen LogP contribution in [0.15, 0.2) is 47.4 Å². The molecular formula is C25H24N6O3. The van der Waals surface area contributed by atoms with E-state index in [0.717, 1.165) is 33.4 Å². The minimum Gasteiger partial charge on any atom is -0.347 e. The van der Waals surface area contributed by atoms with E-state index >= 15 is 0 Å². The van der Waals surface area contributed by atoms with Crippen LogP contribution < -0.4 is 16.1 Å². The summed E-state index contributed by atoms with van der Waals surface area (Å²) in [5.74, 6) is -0.614. The smallest absolute Gasteiger partial charge is 0.330 e. The molecule has 0 fully saturated rings. The number of carbonyl (C=O) groups excluding carboxylic acids is 1. The Kier molecular flexibility index (Phi) is 5.33. The molecule has 0 bridgehead atoms. The Morgan fingerprint density at radius 3 is 2.41 bits per heavy atom. The van der Waals surface area contributed by atoms with Crippen molar-refractivity contribution in [2.45, 2.75) is 33.7 Å². The Balaban J connectivity index is 1.84. The molecule has 2 N–H and O–H groups in total. The van der Waals surface area contributed by atoms with Gasteiger partial charge in [0.15, 0.2) is 0 Å². The average molecular weight is 457 g/mol. The van der Waals surface area contributed by atoms with Crippen molar-refractivity contribution in [1.82, 2.24) is 24.2 Å². The van der Waals surface area contributed by atoms with E-state index in [2.05, 4.69) is 14.5 Å². The van der Waals surface area contributed by atoms with Crippen molar-refractivity contribution in [1.29, 1.82) is 0 Å². The summed E-state index contributed by atoms with van der Waals surface area (Å²) in [5.41, 5.74) is 10.7. The van der Waals surface area contributed by atoms with Gasteiger partial charge in [0, 0.05) is 36.1 Å². The van der Waals surface area contributed by atoms with Gasteiger partial charge in [0.1, 0.15) is 11.2 Å². The molecule has 3 aromatic heterocycles. The number of rotatable bonds is 5. The molecule has 5 rings (SSSR count). The van der Waals surface area contributed by atoms with E-state index in [1.165, 1.54) is 6.92 Å². The van der Waals surface area contributed by atoms with Gasteiger partial charge in [0.2, 0.25) is 0 Å². The van der Waals surface area contributed by atoms with Crippen LogP contribution in [0.3, 0.4) is 0 Å². The van der Waals surface area contributed by atoms with E-state index in [1.807, 2.05) is 44.3 Å². The molecule has 9 nitrogen and oxygen atoms in total. The number of hydrogen-bond acceptors (Lipinski definition) is 7. The van der Waals surface area contributed by atoms with Gasteiger partial charge in [-0.2, -0.15) is 0 Å². The molecule has 0 saturated carbocycles. The van der Waals surface area contributed by atoms with Crippen LogP contribution in [0.1, 0.15) is 24.7 Å². The fourth-order valence-electron chi connectivity index (χ4n) is 4.16. The van der Waals surface area contributed by atoms with Gasteiger partial charge in [0.05, 0.1) is 27.9 Å². The summed E-state index contributed by atoms with van der Waals surface area (Å²) in [4.78, 5) is 44.8. The van der Waals surface area contributed by atoms with Gasteiger partial charge in [-0.15, -0.1) is 4.73 Å². The maximum Gasteiger partial charge on any atom is 0.330 e. The molecule has 0 aliphatic heterocycles. The van der Waals surface area contributed by atoms with Gasteiger partial charge in [-0.25, -0.2) is 19.7 Å². The average Bonchev–Trinajstić information content (AvgIpc) is 3.17. The first-order valence-corrected chi connectivity index (χ1v) is 11.1. The number of nitrogens with two attached hydrogens (primary N) is 1. The van der Waals surface area contributed by atoms with E-state index in [1.54, 1.807) is 12.1 Å². The molecule has 2 aromatic carbocycles. The maximum atomic E-state index is 13.6. The lowest BCUT2D eigenvalue weighted by Gasteiger charge is -2.12. The molecule has 0 unspecified atom stereocenters. The first-order chi connectivity index (χ1) is 16.4. The molecule has 0 aliphatic carbocycles. The Labute approximate surface area is 194 Å². The van der Waals surface area contributed by atoms with Crippen molar-refractivity contribution < 1.29 is 9.63 Å². The molecule has 0 radical (unpaired) electrons. The maximum absolute atomic E-state index is 13.6. The minimum absolute atomic E-state index is 0.188. The van der Waals surface area contributed by atoms with Crippen LogP contribution in [0.4, 0.5) is 0 Å². The minimum atomic E-state index is -0.614. The Hall–Kier alpha value is -4.11. The van der Waals surface area contributed by atoms with Gasteiger partial charge >= 0.3 is 11.5 Å². The van der Waals surface area contributed by atoms with Gasteiger partial charge in [0.25, 0.3) is 0 Å². The Morgan fingerprint density at radius 1 is 1.00 bits per heavy atom. The number of hydrogen-bond donors (Lipinski definition) is 1. The normalized spacial score (nSPS) is 11.5. The van der Waals surface area contributed by atoms with Crippen molar-refractivity contribution >= 4 is 38.9 Å². The molecule has 34 heavy (non-hydrogen) atoms. The fourth-order valence-corrected chi connectivity index (χ4v) is 4.16. The molecule has 0 atom stereocenters. The van der Waals surface area contributed by atoms with Gasteiger partial charge in [-0.3, -0.25) is 4.79 Å². The highest BCUT2D eigenvalue weighted by Crippen LogP contribution is 2.29. The van der Waals surface area contributed by atoms with Gasteiger partial charge in [-0.1, -0.05) is 18.2 Å². The predicted molar refractivity (Wildman–Crippen MR) is 130 cm³/mol. The van der Waals surface area contributed by atoms with Gasteiger partial charge in [-0.05, 0) is 45.0 Å². The van der Waals surface area contributed by atoms with Crippen LogP contribution >= 0.6 is 0 Å². The largest absolute Gasteiger partial charge is 0.347 e. The number of para-hydroxylation sites is 1. The number of nitrogens with zero attached hydrogens (tertiary/aromatic N) is 5. The summed E-state index contributed by atoms with van der Waals surface area (Å²) in [6.45, 7) is 6.28. The van der Waals surface area contributed by atoms with Crippen molar-refractivity contribution in [3.8, 4) is 11.3 Å². The summed E-state index contributed by atoms with van der Waals surface area (Å²) in [5, 5.41) is 0.880.